The van der Waals surface area contributed by atoms with E-state index in [-0.39, 0.29) is 95.9 Å². The standard InChI is InChI=1S/C58H78N14O18S/c1-39-12-2-5-17-47(39)91-50(61-23-10-28-89-57(87)62-31-41-33-71(66-64-41)26-19-48(73)59-21-8-6-15-45(55(83)84)69(35-51(75)76)36-52(77)78)30-40-18-25-68(44-14-4-3-13-43(40)44)24-11-29-90-58(88)63-32-42-34-72(67-65-42)27-20-49(74)60-22-9-7-16-46(56(85)86)70(37-53(79)80)38-54(81)82/h2-5,12-14,17-18,25,33-34,40,45-46H,6-11,15-16,19-24,26-32,35-38H2,1H3,(H,59,73)(H,60,74)(H,62,87)(H,63,88)(H,75,76)(H,77,78)(H,79,80)(H,81,82)(H,83,84)(H,85,86)/b61-50+. The lowest BCUT2D eigenvalue weighted by Crippen LogP contribution is -2.46. The molecule has 3 heterocycles. The molecule has 0 spiro atoms. The lowest BCUT2D eigenvalue weighted by Gasteiger charge is -2.31. The summed E-state index contributed by atoms with van der Waals surface area (Å²) in [5, 5.41) is 83.1. The Balaban J connectivity index is 0.977. The van der Waals surface area contributed by atoms with Crippen LogP contribution in [-0.2, 0) is 74.0 Å². The Labute approximate surface area is 527 Å². The van der Waals surface area contributed by atoms with Crippen LogP contribution in [0.15, 0.2) is 83.1 Å². The van der Waals surface area contributed by atoms with Gasteiger partial charge in [0.15, 0.2) is 0 Å². The van der Waals surface area contributed by atoms with Crippen LogP contribution in [0, 0.1) is 6.92 Å². The van der Waals surface area contributed by atoms with Gasteiger partial charge in [0, 0.05) is 74.6 Å². The number of thioether (sulfide) groups is 1. The van der Waals surface area contributed by atoms with Crippen LogP contribution >= 0.6 is 11.8 Å². The van der Waals surface area contributed by atoms with Gasteiger partial charge in [-0.15, -0.1) is 10.2 Å². The minimum absolute atomic E-state index is 0.00754. The van der Waals surface area contributed by atoms with E-state index in [2.05, 4.69) is 58.9 Å². The molecule has 0 radical (unpaired) electrons. The molecular formula is C58H78N14O18S. The van der Waals surface area contributed by atoms with Gasteiger partial charge in [-0.1, -0.05) is 64.7 Å². The van der Waals surface area contributed by atoms with Gasteiger partial charge in [-0.25, -0.2) is 9.59 Å². The summed E-state index contributed by atoms with van der Waals surface area (Å²) in [5.41, 5.74) is 4.09. The summed E-state index contributed by atoms with van der Waals surface area (Å²) >= 11 is 1.59. The molecule has 10 N–H and O–H groups in total. The van der Waals surface area contributed by atoms with E-state index >= 15 is 0 Å². The highest BCUT2D eigenvalue weighted by Crippen LogP contribution is 2.38. The number of hydrogen-bond donors (Lipinski definition) is 10. The van der Waals surface area contributed by atoms with E-state index in [0.29, 0.717) is 69.4 Å². The number of aliphatic imine (C=N–C) groups is 1. The molecule has 5 rings (SSSR count). The third-order valence-corrected chi connectivity index (χ3v) is 15.1. The van der Waals surface area contributed by atoms with Crippen molar-refractivity contribution in [3.63, 3.8) is 0 Å². The largest absolute Gasteiger partial charge is 0.480 e. The summed E-state index contributed by atoms with van der Waals surface area (Å²) in [5.74, 6) is -8.70. The highest BCUT2D eigenvalue weighted by atomic mass is 32.2. The third-order valence-electron chi connectivity index (χ3n) is 13.9. The number of hydrogen-bond acceptors (Lipinski definition) is 21. The lowest BCUT2D eigenvalue weighted by molar-refractivity contribution is -0.152. The molecule has 0 aliphatic carbocycles. The number of aryl methyl sites for hydroxylation is 3. The zero-order valence-corrected chi connectivity index (χ0v) is 51.1. The van der Waals surface area contributed by atoms with Crippen molar-refractivity contribution in [2.24, 2.45) is 4.99 Å². The highest BCUT2D eigenvalue weighted by molar-refractivity contribution is 8.14. The van der Waals surface area contributed by atoms with E-state index in [0.717, 1.165) is 36.6 Å². The van der Waals surface area contributed by atoms with Gasteiger partial charge >= 0.3 is 48.0 Å². The normalized spacial score (nSPS) is 13.4. The number of aromatic nitrogens is 6. The molecule has 3 atom stereocenters. The van der Waals surface area contributed by atoms with Crippen LogP contribution in [-0.4, -0.2) is 213 Å². The van der Waals surface area contributed by atoms with Crippen LogP contribution in [0.25, 0.3) is 0 Å². The Morgan fingerprint density at radius 1 is 0.604 bits per heavy atom. The van der Waals surface area contributed by atoms with Crippen LogP contribution in [0.3, 0.4) is 0 Å². The number of nitrogens with zero attached hydrogens (tertiary/aromatic N) is 10. The highest BCUT2D eigenvalue weighted by Gasteiger charge is 2.30. The number of carbonyl (C=O) groups excluding carboxylic acids is 4. The van der Waals surface area contributed by atoms with Crippen LogP contribution in [0.4, 0.5) is 15.3 Å². The minimum atomic E-state index is -1.35. The molecule has 4 aromatic rings. The first kappa shape index (κ1) is 72.2. The van der Waals surface area contributed by atoms with Crippen LogP contribution in [0.5, 0.6) is 0 Å². The predicted molar refractivity (Wildman–Crippen MR) is 325 cm³/mol. The fourth-order valence-electron chi connectivity index (χ4n) is 9.43. The summed E-state index contributed by atoms with van der Waals surface area (Å²) < 4.78 is 13.8. The molecule has 0 bridgehead atoms. The molecule has 2 aromatic carbocycles. The second kappa shape index (κ2) is 38.8. The maximum absolute atomic E-state index is 12.6. The lowest BCUT2D eigenvalue weighted by atomic mass is 9.91. The van der Waals surface area contributed by atoms with E-state index < -0.39 is 86.3 Å². The van der Waals surface area contributed by atoms with Gasteiger partial charge in [0.25, 0.3) is 0 Å². The number of amides is 4. The number of benzene rings is 2. The fourth-order valence-corrected chi connectivity index (χ4v) is 10.5. The first-order valence-corrected chi connectivity index (χ1v) is 30.2. The summed E-state index contributed by atoms with van der Waals surface area (Å²) in [6.07, 6.45) is 9.03. The SMILES string of the molecule is Cc1ccccc1S/C(CC1C=CN(CCCOC(=O)NCc2cn(CCC(=O)NCCCCC(C(=O)O)N(CC(=O)O)CC(=O)O)nn2)c2ccccc21)=N/CCCOC(=O)NCc1cn(CCC(=O)NCCCCC(C(=O)O)N(CC(=O)O)CC(=O)O)nn1. The van der Waals surface area contributed by atoms with E-state index in [1.807, 2.05) is 55.6 Å². The molecule has 3 unspecified atom stereocenters. The summed E-state index contributed by atoms with van der Waals surface area (Å²) in [6, 6.07) is 13.5. The second-order valence-electron chi connectivity index (χ2n) is 21.0. The Hall–Kier alpha value is -9.50. The molecule has 494 valence electrons. The Morgan fingerprint density at radius 2 is 1.09 bits per heavy atom. The van der Waals surface area contributed by atoms with Crippen molar-refractivity contribution in [1.29, 1.82) is 0 Å². The van der Waals surface area contributed by atoms with Gasteiger partial charge in [0.05, 0.1) is 83.0 Å². The fraction of sp³-hybridized carbons (Fsp3) is 0.500. The molecule has 2 aromatic heterocycles. The van der Waals surface area contributed by atoms with E-state index in [4.69, 9.17) is 34.9 Å². The van der Waals surface area contributed by atoms with Crippen LogP contribution in [0.2, 0.25) is 0 Å². The second-order valence-corrected chi connectivity index (χ2v) is 22.1. The van der Waals surface area contributed by atoms with Gasteiger partial charge in [0.1, 0.15) is 23.5 Å². The summed E-state index contributed by atoms with van der Waals surface area (Å²) in [4.78, 5) is 128. The molecule has 32 nitrogen and oxygen atoms in total. The number of alkyl carbamates (subject to hydrolysis) is 2. The van der Waals surface area contributed by atoms with Crippen molar-refractivity contribution in [2.75, 3.05) is 70.5 Å². The average molecular weight is 1290 g/mol. The Kier molecular flexibility index (Phi) is 30.8. The number of ether oxygens (including phenoxy) is 2. The number of carboxylic acids is 6. The number of aliphatic carboxylic acids is 6. The Bertz CT molecular complexity index is 3130. The molecule has 4 amide bonds. The van der Waals surface area contributed by atoms with Gasteiger partial charge in [-0.05, 0) is 75.1 Å². The van der Waals surface area contributed by atoms with Gasteiger partial charge in [-0.2, -0.15) is 0 Å². The van der Waals surface area contributed by atoms with Crippen molar-refractivity contribution in [3.8, 4) is 0 Å². The van der Waals surface area contributed by atoms with Crippen molar-refractivity contribution >= 4 is 82.3 Å². The topological polar surface area (TPSA) is 442 Å². The first-order chi connectivity index (χ1) is 43.6. The molecule has 0 saturated carbocycles. The average Bonchev–Trinajstić information content (AvgIpc) is 1.58. The van der Waals surface area contributed by atoms with Gasteiger partial charge in [0.2, 0.25) is 11.8 Å². The zero-order chi connectivity index (χ0) is 66.1. The number of carboxylic acid groups (broad SMARTS) is 6. The molecule has 91 heavy (non-hydrogen) atoms. The first-order valence-electron chi connectivity index (χ1n) is 29.4. The van der Waals surface area contributed by atoms with Crippen LogP contribution in [0.1, 0.15) is 99.1 Å². The molecule has 0 fully saturated rings. The number of allylic oxidation sites excluding steroid dienone is 1. The summed E-state index contributed by atoms with van der Waals surface area (Å²) in [6.45, 7) is 1.12. The van der Waals surface area contributed by atoms with Gasteiger partial charge < -0.3 is 66.3 Å². The molecule has 1 aliphatic heterocycles. The van der Waals surface area contributed by atoms with E-state index in [1.54, 1.807) is 24.2 Å². The Morgan fingerprint density at radius 3 is 1.58 bits per heavy atom. The number of carbonyl (C=O) groups is 10. The number of fused-ring (bicyclic) bond motifs is 1. The molecule has 0 saturated heterocycles. The molecular weight excluding hydrogens is 1210 g/mol. The maximum Gasteiger partial charge on any atom is 0.407 e. The zero-order valence-electron chi connectivity index (χ0n) is 50.3. The van der Waals surface area contributed by atoms with Crippen molar-refractivity contribution in [3.05, 3.63) is 95.7 Å². The number of para-hydroxylation sites is 1. The van der Waals surface area contributed by atoms with E-state index in [1.165, 1.54) is 9.36 Å². The van der Waals surface area contributed by atoms with Gasteiger partial charge in [-0.3, -0.25) is 62.5 Å². The quantitative estimate of drug-likeness (QED) is 0.0132. The predicted octanol–water partition coefficient (Wildman–Crippen LogP) is 3.01. The smallest absolute Gasteiger partial charge is 0.407 e. The minimum Gasteiger partial charge on any atom is -0.480 e. The third kappa shape index (κ3) is 27.4. The maximum atomic E-state index is 12.6. The van der Waals surface area contributed by atoms with E-state index in [9.17, 15) is 58.2 Å². The molecule has 1 aliphatic rings. The number of anilines is 1. The number of unbranched alkanes of at least 4 members (excludes halogenated alkanes) is 2. The number of nitrogens with one attached hydrogen (secondary N) is 4. The molecule has 33 heteroatoms. The number of rotatable bonds is 43. The van der Waals surface area contributed by atoms with Crippen molar-refractivity contribution in [2.45, 2.75) is 127 Å². The van der Waals surface area contributed by atoms with Crippen molar-refractivity contribution in [1.82, 2.24) is 61.1 Å². The summed E-state index contributed by atoms with van der Waals surface area (Å²) in [7, 11) is 0. The van der Waals surface area contributed by atoms with Crippen LogP contribution < -0.4 is 26.2 Å². The monoisotopic (exact) mass is 1290 g/mol. The van der Waals surface area contributed by atoms with Crippen molar-refractivity contribution < 1.29 is 88.1 Å².